The SMILES string of the molecule is CCCC(C)C(C)C(CC(=O)O)N(N)C(=O)CC(C)C. The summed E-state index contributed by atoms with van der Waals surface area (Å²) in [7, 11) is 0. The summed E-state index contributed by atoms with van der Waals surface area (Å²) in [6.07, 6.45) is 2.29. The number of amides is 1. The molecule has 5 nitrogen and oxygen atoms in total. The quantitative estimate of drug-likeness (QED) is 0.388. The van der Waals surface area contributed by atoms with E-state index < -0.39 is 12.0 Å². The Morgan fingerprint density at radius 2 is 1.70 bits per heavy atom. The first-order valence-electron chi connectivity index (χ1n) is 7.49. The van der Waals surface area contributed by atoms with Gasteiger partial charge in [-0.1, -0.05) is 47.5 Å². The van der Waals surface area contributed by atoms with Crippen LogP contribution in [0.2, 0.25) is 0 Å². The Bertz CT molecular complexity index is 318. The molecule has 0 aliphatic carbocycles. The van der Waals surface area contributed by atoms with Gasteiger partial charge in [0.05, 0.1) is 12.5 Å². The normalized spacial score (nSPS) is 15.8. The van der Waals surface area contributed by atoms with E-state index >= 15 is 0 Å². The third kappa shape index (κ3) is 6.37. The number of carbonyl (C=O) groups is 2. The monoisotopic (exact) mass is 286 g/mol. The summed E-state index contributed by atoms with van der Waals surface area (Å²) in [5.41, 5.74) is 0. The molecule has 0 saturated heterocycles. The maximum Gasteiger partial charge on any atom is 0.305 e. The Morgan fingerprint density at radius 1 is 1.15 bits per heavy atom. The highest BCUT2D eigenvalue weighted by Gasteiger charge is 2.31. The fraction of sp³-hybridized carbons (Fsp3) is 0.867. The lowest BCUT2D eigenvalue weighted by atomic mass is 9.84. The molecule has 0 aromatic heterocycles. The molecule has 3 atom stereocenters. The summed E-state index contributed by atoms with van der Waals surface area (Å²) in [5, 5.41) is 10.2. The van der Waals surface area contributed by atoms with Crippen LogP contribution in [-0.2, 0) is 9.59 Å². The molecule has 0 spiro atoms. The summed E-state index contributed by atoms with van der Waals surface area (Å²) in [5.74, 6) is 5.42. The van der Waals surface area contributed by atoms with E-state index in [-0.39, 0.29) is 24.2 Å². The number of hydrogen-bond donors (Lipinski definition) is 2. The van der Waals surface area contributed by atoms with Crippen molar-refractivity contribution >= 4 is 11.9 Å². The number of nitrogens with zero attached hydrogens (tertiary/aromatic N) is 1. The van der Waals surface area contributed by atoms with Gasteiger partial charge in [0.2, 0.25) is 5.91 Å². The smallest absolute Gasteiger partial charge is 0.305 e. The van der Waals surface area contributed by atoms with E-state index in [1.807, 2.05) is 20.8 Å². The molecule has 0 radical (unpaired) electrons. The average molecular weight is 286 g/mol. The maximum atomic E-state index is 12.1. The van der Waals surface area contributed by atoms with Gasteiger partial charge in [0.15, 0.2) is 0 Å². The van der Waals surface area contributed by atoms with Crippen LogP contribution in [0, 0.1) is 17.8 Å². The third-order valence-electron chi connectivity index (χ3n) is 3.86. The third-order valence-corrected chi connectivity index (χ3v) is 3.86. The fourth-order valence-electron chi connectivity index (χ4n) is 2.45. The summed E-state index contributed by atoms with van der Waals surface area (Å²) >= 11 is 0. The van der Waals surface area contributed by atoms with E-state index in [9.17, 15) is 9.59 Å². The number of rotatable bonds is 9. The molecule has 3 unspecified atom stereocenters. The van der Waals surface area contributed by atoms with Gasteiger partial charge in [-0.25, -0.2) is 5.84 Å². The van der Waals surface area contributed by atoms with Crippen molar-refractivity contribution in [3.8, 4) is 0 Å². The highest BCUT2D eigenvalue weighted by molar-refractivity contribution is 5.77. The molecule has 0 heterocycles. The number of nitrogens with two attached hydrogens (primary N) is 1. The lowest BCUT2D eigenvalue weighted by Crippen LogP contribution is -2.51. The van der Waals surface area contributed by atoms with Crippen molar-refractivity contribution < 1.29 is 14.7 Å². The summed E-state index contributed by atoms with van der Waals surface area (Å²) < 4.78 is 0. The predicted octanol–water partition coefficient (Wildman–Crippen LogP) is 2.65. The summed E-state index contributed by atoms with van der Waals surface area (Å²) in [6, 6.07) is -0.444. The first-order valence-corrected chi connectivity index (χ1v) is 7.49. The van der Waals surface area contributed by atoms with Gasteiger partial charge >= 0.3 is 5.97 Å². The Labute approximate surface area is 122 Å². The molecule has 0 aromatic carbocycles. The van der Waals surface area contributed by atoms with Crippen molar-refractivity contribution in [2.45, 2.75) is 66.3 Å². The molecule has 5 heteroatoms. The molecule has 0 fully saturated rings. The van der Waals surface area contributed by atoms with E-state index in [0.717, 1.165) is 17.9 Å². The number of carboxylic acids is 1. The van der Waals surface area contributed by atoms with Gasteiger partial charge < -0.3 is 5.11 Å². The van der Waals surface area contributed by atoms with Crippen LogP contribution in [0.15, 0.2) is 0 Å². The second-order valence-corrected chi connectivity index (χ2v) is 6.19. The molecule has 0 rings (SSSR count). The molecule has 3 N–H and O–H groups in total. The van der Waals surface area contributed by atoms with Gasteiger partial charge in [-0.05, 0) is 17.8 Å². The minimum absolute atomic E-state index is 0.0622. The van der Waals surface area contributed by atoms with Crippen LogP contribution >= 0.6 is 0 Å². The van der Waals surface area contributed by atoms with Crippen LogP contribution < -0.4 is 5.84 Å². The Morgan fingerprint density at radius 3 is 2.10 bits per heavy atom. The van der Waals surface area contributed by atoms with Crippen LogP contribution in [0.5, 0.6) is 0 Å². The van der Waals surface area contributed by atoms with Crippen LogP contribution in [0.25, 0.3) is 0 Å². The molecule has 0 aliphatic rings. The van der Waals surface area contributed by atoms with Gasteiger partial charge in [-0.2, -0.15) is 0 Å². The number of carboxylic acid groups (broad SMARTS) is 1. The van der Waals surface area contributed by atoms with Crippen LogP contribution in [-0.4, -0.2) is 28.0 Å². The lowest BCUT2D eigenvalue weighted by Gasteiger charge is -2.34. The van der Waals surface area contributed by atoms with Crippen LogP contribution in [0.1, 0.15) is 60.3 Å². The van der Waals surface area contributed by atoms with Crippen molar-refractivity contribution in [2.75, 3.05) is 0 Å². The van der Waals surface area contributed by atoms with Crippen LogP contribution in [0.4, 0.5) is 0 Å². The fourth-order valence-corrected chi connectivity index (χ4v) is 2.45. The van der Waals surface area contributed by atoms with Crippen LogP contribution in [0.3, 0.4) is 0 Å². The molecular weight excluding hydrogens is 256 g/mol. The van der Waals surface area contributed by atoms with E-state index in [2.05, 4.69) is 13.8 Å². The van der Waals surface area contributed by atoms with E-state index in [4.69, 9.17) is 10.9 Å². The molecule has 0 saturated carbocycles. The van der Waals surface area contributed by atoms with Gasteiger partial charge in [-0.15, -0.1) is 0 Å². The molecule has 0 aromatic rings. The highest BCUT2D eigenvalue weighted by Crippen LogP contribution is 2.25. The first-order chi connectivity index (χ1) is 9.20. The van der Waals surface area contributed by atoms with Crippen molar-refractivity contribution in [3.63, 3.8) is 0 Å². The van der Waals surface area contributed by atoms with Crippen molar-refractivity contribution in [3.05, 3.63) is 0 Å². The van der Waals surface area contributed by atoms with Gasteiger partial charge in [-0.3, -0.25) is 14.6 Å². The average Bonchev–Trinajstić information content (AvgIpc) is 2.33. The van der Waals surface area contributed by atoms with Gasteiger partial charge in [0, 0.05) is 6.42 Å². The Balaban J connectivity index is 4.94. The number of hydrazine groups is 1. The second-order valence-electron chi connectivity index (χ2n) is 6.19. The van der Waals surface area contributed by atoms with Gasteiger partial charge in [0.25, 0.3) is 0 Å². The van der Waals surface area contributed by atoms with Gasteiger partial charge in [0.1, 0.15) is 0 Å². The van der Waals surface area contributed by atoms with Crippen molar-refractivity contribution in [1.82, 2.24) is 5.01 Å². The number of carbonyl (C=O) groups excluding carboxylic acids is 1. The van der Waals surface area contributed by atoms with E-state index in [1.54, 1.807) is 0 Å². The molecule has 118 valence electrons. The molecular formula is C15H30N2O3. The highest BCUT2D eigenvalue weighted by atomic mass is 16.4. The lowest BCUT2D eigenvalue weighted by molar-refractivity contribution is -0.143. The number of hydrogen-bond acceptors (Lipinski definition) is 3. The molecule has 0 bridgehead atoms. The van der Waals surface area contributed by atoms with E-state index in [1.165, 1.54) is 0 Å². The molecule has 20 heavy (non-hydrogen) atoms. The van der Waals surface area contributed by atoms with Crippen molar-refractivity contribution in [1.29, 1.82) is 0 Å². The maximum absolute atomic E-state index is 12.1. The summed E-state index contributed by atoms with van der Waals surface area (Å²) in [4.78, 5) is 23.1. The Kier molecular flexibility index (Phi) is 8.46. The topological polar surface area (TPSA) is 83.6 Å². The largest absolute Gasteiger partial charge is 0.481 e. The zero-order valence-corrected chi connectivity index (χ0v) is 13.4. The number of aliphatic carboxylic acids is 1. The zero-order valence-electron chi connectivity index (χ0n) is 13.4. The molecule has 0 aliphatic heterocycles. The standard InChI is InChI=1S/C15H30N2O3/c1-6-7-11(4)12(5)13(9-15(19)20)17(16)14(18)8-10(2)3/h10-13H,6-9,16H2,1-5H3,(H,19,20). The molecule has 1 amide bonds. The predicted molar refractivity (Wildman–Crippen MR) is 79.8 cm³/mol. The van der Waals surface area contributed by atoms with Crippen molar-refractivity contribution in [2.24, 2.45) is 23.6 Å². The minimum Gasteiger partial charge on any atom is -0.481 e. The second kappa shape index (κ2) is 8.95. The Hall–Kier alpha value is -1.10. The summed E-state index contributed by atoms with van der Waals surface area (Å²) in [6.45, 7) is 10.1. The van der Waals surface area contributed by atoms with E-state index in [0.29, 0.717) is 12.3 Å². The minimum atomic E-state index is -0.918. The first kappa shape index (κ1) is 18.9. The zero-order chi connectivity index (χ0) is 15.9.